The van der Waals surface area contributed by atoms with Crippen molar-refractivity contribution >= 4 is 0 Å². The summed E-state index contributed by atoms with van der Waals surface area (Å²) in [5.41, 5.74) is 0. The molecular weight excluding hydrogens is 90.1 g/mol. The molecule has 1 N–H and O–H groups in total. The molecule has 0 bridgehead atoms. The maximum absolute atomic E-state index is 8.27. The lowest BCUT2D eigenvalue weighted by Crippen LogP contribution is -1.96. The lowest BCUT2D eigenvalue weighted by molar-refractivity contribution is 0.312. The number of rotatable bonds is 2. The molecule has 0 aromatic carbocycles. The molecule has 0 aromatic heterocycles. The Balaban J connectivity index is 3.23. The van der Waals surface area contributed by atoms with Crippen LogP contribution in [0.2, 0.25) is 0 Å². The first-order valence-electron chi connectivity index (χ1n) is 2.20. The number of hydrogen-bond acceptors (Lipinski definition) is 2. The summed E-state index contributed by atoms with van der Waals surface area (Å²) >= 11 is 0. The van der Waals surface area contributed by atoms with Gasteiger partial charge in [-0.15, -0.1) is 0 Å². The van der Waals surface area contributed by atoms with Gasteiger partial charge in [-0.05, 0) is 6.42 Å². The van der Waals surface area contributed by atoms with Crippen LogP contribution < -0.4 is 0 Å². The van der Waals surface area contributed by atoms with Gasteiger partial charge in [-0.2, -0.15) is 5.26 Å². The Morgan fingerprint density at radius 3 is 2.43 bits per heavy atom. The molecule has 39 valence electrons. The smallest absolute Gasteiger partial charge is 0.101 e. The first-order chi connectivity index (χ1) is 3.35. The predicted octanol–water partition coefficient (Wildman–Crippen LogP) is 0.487. The van der Waals surface area contributed by atoms with Gasteiger partial charge in [0.2, 0.25) is 0 Å². The van der Waals surface area contributed by atoms with E-state index in [1.54, 1.807) is 0 Å². The van der Waals surface area contributed by atoms with E-state index in [1.165, 1.54) is 0 Å². The van der Waals surface area contributed by atoms with Gasteiger partial charge >= 0.3 is 0 Å². The molecule has 0 fully saturated rings. The summed E-state index contributed by atoms with van der Waals surface area (Å²) in [5, 5.41) is 16.3. The van der Waals surface area contributed by atoms with Gasteiger partial charge in [0, 0.05) is 0 Å². The third kappa shape index (κ3) is 2.18. The summed E-state index contributed by atoms with van der Waals surface area (Å²) in [6.45, 7) is 1.75. The van der Waals surface area contributed by atoms with E-state index in [0.717, 1.165) is 0 Å². The minimum absolute atomic E-state index is 0.0903. The van der Waals surface area contributed by atoms with Crippen LogP contribution in [0.5, 0.6) is 0 Å². The molecule has 7 heavy (non-hydrogen) atoms. The Bertz CT molecular complexity index is 70.6. The van der Waals surface area contributed by atoms with Gasteiger partial charge in [0.25, 0.3) is 0 Å². The van der Waals surface area contributed by atoms with Gasteiger partial charge in [-0.3, -0.25) is 0 Å². The molecule has 0 unspecified atom stereocenters. The first-order valence-corrected chi connectivity index (χ1v) is 2.20. The van der Waals surface area contributed by atoms with Crippen molar-refractivity contribution in [3.8, 4) is 6.07 Å². The third-order valence-electron chi connectivity index (χ3n) is 0.776. The molecule has 0 atom stereocenters. The summed E-state index contributed by atoms with van der Waals surface area (Å²) in [4.78, 5) is 0. The Hall–Kier alpha value is -0.550. The van der Waals surface area contributed by atoms with E-state index in [2.05, 4.69) is 0 Å². The molecule has 0 aromatic rings. The molecule has 0 aliphatic rings. The third-order valence-corrected chi connectivity index (χ3v) is 0.776. The molecule has 0 aliphatic heterocycles. The molecular formula is C5H8NO. The summed E-state index contributed by atoms with van der Waals surface area (Å²) in [5.74, 6) is 0.542. The zero-order chi connectivity index (χ0) is 5.70. The highest BCUT2D eigenvalue weighted by Crippen LogP contribution is 1.98. The van der Waals surface area contributed by atoms with Crippen molar-refractivity contribution in [2.45, 2.75) is 13.3 Å². The minimum atomic E-state index is -0.0903. The fourth-order valence-electron chi connectivity index (χ4n) is 0.226. The first kappa shape index (κ1) is 6.45. The normalized spacial score (nSPS) is 8.86. The fourth-order valence-corrected chi connectivity index (χ4v) is 0.226. The van der Waals surface area contributed by atoms with Crippen molar-refractivity contribution < 1.29 is 5.11 Å². The number of aliphatic hydroxyl groups is 1. The number of nitriles is 1. The minimum Gasteiger partial charge on any atom is -0.395 e. The molecule has 0 saturated carbocycles. The largest absolute Gasteiger partial charge is 0.395 e. The highest BCUT2D eigenvalue weighted by Gasteiger charge is 1.99. The van der Waals surface area contributed by atoms with Crippen molar-refractivity contribution in [2.75, 3.05) is 6.61 Å². The summed E-state index contributed by atoms with van der Waals surface area (Å²) in [7, 11) is 0. The van der Waals surface area contributed by atoms with E-state index in [9.17, 15) is 0 Å². The van der Waals surface area contributed by atoms with Gasteiger partial charge in [0.05, 0.1) is 12.7 Å². The van der Waals surface area contributed by atoms with Crippen LogP contribution in [0.3, 0.4) is 0 Å². The van der Waals surface area contributed by atoms with Gasteiger partial charge in [-0.1, -0.05) is 6.92 Å². The lowest BCUT2D eigenvalue weighted by Gasteiger charge is -1.93. The predicted molar refractivity (Wildman–Crippen MR) is 26.2 cm³/mol. The van der Waals surface area contributed by atoms with E-state index >= 15 is 0 Å². The van der Waals surface area contributed by atoms with E-state index in [0.29, 0.717) is 12.3 Å². The number of hydrogen-bond donors (Lipinski definition) is 1. The molecule has 0 saturated heterocycles. The average Bonchev–Trinajstić information content (AvgIpc) is 1.72. The maximum atomic E-state index is 8.27. The SMILES string of the molecule is CC[C](C#N)CO. The Labute approximate surface area is 43.4 Å². The molecule has 1 radical (unpaired) electrons. The highest BCUT2D eigenvalue weighted by atomic mass is 16.3. The van der Waals surface area contributed by atoms with Gasteiger partial charge in [0.1, 0.15) is 5.92 Å². The van der Waals surface area contributed by atoms with Crippen LogP contribution in [0.15, 0.2) is 0 Å². The summed E-state index contributed by atoms with van der Waals surface area (Å²) in [6, 6.07) is 1.87. The molecule has 2 heteroatoms. The van der Waals surface area contributed by atoms with Crippen molar-refractivity contribution in [2.24, 2.45) is 0 Å². The van der Waals surface area contributed by atoms with E-state index in [4.69, 9.17) is 10.4 Å². The van der Waals surface area contributed by atoms with Crippen LogP contribution in [0, 0.1) is 17.2 Å². The Kier molecular flexibility index (Phi) is 3.35. The molecule has 0 aliphatic carbocycles. The Morgan fingerprint density at radius 2 is 2.43 bits per heavy atom. The van der Waals surface area contributed by atoms with Crippen molar-refractivity contribution in [3.63, 3.8) is 0 Å². The van der Waals surface area contributed by atoms with E-state index < -0.39 is 0 Å². The van der Waals surface area contributed by atoms with Crippen molar-refractivity contribution in [3.05, 3.63) is 5.92 Å². The number of aliphatic hydroxyl groups excluding tert-OH is 1. The number of nitrogens with zero attached hydrogens (tertiary/aromatic N) is 1. The van der Waals surface area contributed by atoms with Crippen LogP contribution in [-0.2, 0) is 0 Å². The molecule has 2 nitrogen and oxygen atoms in total. The maximum Gasteiger partial charge on any atom is 0.101 e. The fraction of sp³-hybridized carbons (Fsp3) is 0.600. The van der Waals surface area contributed by atoms with Crippen LogP contribution in [0.25, 0.3) is 0 Å². The molecule has 0 rings (SSSR count). The zero-order valence-corrected chi connectivity index (χ0v) is 4.31. The summed E-state index contributed by atoms with van der Waals surface area (Å²) in [6.07, 6.45) is 0.660. The van der Waals surface area contributed by atoms with Gasteiger partial charge < -0.3 is 5.11 Å². The van der Waals surface area contributed by atoms with Gasteiger partial charge in [0.15, 0.2) is 0 Å². The average molecular weight is 98.1 g/mol. The van der Waals surface area contributed by atoms with Crippen LogP contribution in [0.4, 0.5) is 0 Å². The lowest BCUT2D eigenvalue weighted by atomic mass is 10.1. The monoisotopic (exact) mass is 98.1 g/mol. The van der Waals surface area contributed by atoms with Gasteiger partial charge in [-0.25, -0.2) is 0 Å². The highest BCUT2D eigenvalue weighted by molar-refractivity contribution is 5.09. The molecule has 0 heterocycles. The second-order valence-corrected chi connectivity index (χ2v) is 1.23. The van der Waals surface area contributed by atoms with Crippen LogP contribution in [0.1, 0.15) is 13.3 Å². The van der Waals surface area contributed by atoms with Crippen LogP contribution in [-0.4, -0.2) is 11.7 Å². The molecule has 0 spiro atoms. The second kappa shape index (κ2) is 3.63. The van der Waals surface area contributed by atoms with E-state index in [1.807, 2.05) is 13.0 Å². The van der Waals surface area contributed by atoms with E-state index in [-0.39, 0.29) is 6.61 Å². The summed E-state index contributed by atoms with van der Waals surface area (Å²) < 4.78 is 0. The standard InChI is InChI=1S/C5H8NO/c1-2-5(3-6)4-7/h7H,2,4H2,1H3. The van der Waals surface area contributed by atoms with Crippen molar-refractivity contribution in [1.82, 2.24) is 0 Å². The van der Waals surface area contributed by atoms with Crippen LogP contribution >= 0.6 is 0 Å². The topological polar surface area (TPSA) is 44.0 Å². The molecule has 0 amide bonds. The zero-order valence-electron chi connectivity index (χ0n) is 4.31. The quantitative estimate of drug-likeness (QED) is 0.546. The second-order valence-electron chi connectivity index (χ2n) is 1.23. The van der Waals surface area contributed by atoms with Crippen molar-refractivity contribution in [1.29, 1.82) is 5.26 Å². The Morgan fingerprint density at radius 1 is 1.86 bits per heavy atom.